The molecule has 0 spiro atoms. The minimum absolute atomic E-state index is 0.319. The second-order valence-electron chi connectivity index (χ2n) is 8.57. The summed E-state index contributed by atoms with van der Waals surface area (Å²) in [6.45, 7) is 3.85. The van der Waals surface area contributed by atoms with Crippen LogP contribution >= 0.6 is 11.3 Å². The van der Waals surface area contributed by atoms with Gasteiger partial charge in [-0.15, -0.1) is 11.3 Å². The fourth-order valence-corrected chi connectivity index (χ4v) is 6.17. The molecule has 8 heteroatoms. The SMILES string of the molecule is Cc1nc(C2CCCN(c3nc(-c4cccnc4)nc4sc5c(c34)CCCC5)C2)n[nH]1. The topological polar surface area (TPSA) is 83.5 Å². The first-order chi connectivity index (χ1) is 15.3. The van der Waals surface area contributed by atoms with Crippen LogP contribution in [0.3, 0.4) is 0 Å². The quantitative estimate of drug-likeness (QED) is 0.516. The largest absolute Gasteiger partial charge is 0.355 e. The van der Waals surface area contributed by atoms with E-state index in [2.05, 4.69) is 25.1 Å². The Balaban J connectivity index is 1.48. The van der Waals surface area contributed by atoms with Gasteiger partial charge in [0.2, 0.25) is 0 Å². The van der Waals surface area contributed by atoms with Gasteiger partial charge in [-0.1, -0.05) is 0 Å². The molecule has 2 aliphatic rings. The van der Waals surface area contributed by atoms with Gasteiger partial charge in [0, 0.05) is 41.8 Å². The van der Waals surface area contributed by atoms with Crippen LogP contribution in [0.2, 0.25) is 0 Å². The number of aromatic amines is 1. The van der Waals surface area contributed by atoms with Crippen LogP contribution in [0, 0.1) is 6.92 Å². The lowest BCUT2D eigenvalue weighted by molar-refractivity contribution is 0.490. The summed E-state index contributed by atoms with van der Waals surface area (Å²) in [6, 6.07) is 3.99. The van der Waals surface area contributed by atoms with Crippen LogP contribution in [0.5, 0.6) is 0 Å². The third-order valence-corrected chi connectivity index (χ3v) is 7.60. The predicted molar refractivity (Wildman–Crippen MR) is 123 cm³/mol. The monoisotopic (exact) mass is 431 g/mol. The van der Waals surface area contributed by atoms with Crippen LogP contribution in [0.4, 0.5) is 5.82 Å². The summed E-state index contributed by atoms with van der Waals surface area (Å²) < 4.78 is 0. The molecule has 1 fully saturated rings. The summed E-state index contributed by atoms with van der Waals surface area (Å²) in [6.07, 6.45) is 10.7. The van der Waals surface area contributed by atoms with Gasteiger partial charge in [-0.05, 0) is 63.1 Å². The number of rotatable bonds is 3. The number of H-pyrrole nitrogens is 1. The van der Waals surface area contributed by atoms with Gasteiger partial charge in [0.15, 0.2) is 11.6 Å². The number of aromatic nitrogens is 6. The second kappa shape index (κ2) is 7.67. The van der Waals surface area contributed by atoms with Crippen molar-refractivity contribution in [2.45, 2.75) is 51.4 Å². The first kappa shape index (κ1) is 18.9. The molecule has 4 aromatic heterocycles. The maximum Gasteiger partial charge on any atom is 0.164 e. The van der Waals surface area contributed by atoms with E-state index >= 15 is 0 Å². The number of aryl methyl sites for hydroxylation is 3. The van der Waals surface area contributed by atoms with Crippen LogP contribution in [0.15, 0.2) is 24.5 Å². The Labute approximate surface area is 185 Å². The minimum atomic E-state index is 0.319. The van der Waals surface area contributed by atoms with Crippen molar-refractivity contribution in [3.8, 4) is 11.4 Å². The molecule has 158 valence electrons. The van der Waals surface area contributed by atoms with Gasteiger partial charge in [-0.3, -0.25) is 10.1 Å². The lowest BCUT2D eigenvalue weighted by Crippen LogP contribution is -2.35. The highest BCUT2D eigenvalue weighted by molar-refractivity contribution is 7.19. The first-order valence-electron chi connectivity index (χ1n) is 11.1. The molecule has 7 nitrogen and oxygen atoms in total. The molecule has 6 rings (SSSR count). The van der Waals surface area contributed by atoms with Crippen molar-refractivity contribution >= 4 is 27.4 Å². The molecular weight excluding hydrogens is 406 g/mol. The lowest BCUT2D eigenvalue weighted by atomic mass is 9.95. The molecule has 0 saturated carbocycles. The summed E-state index contributed by atoms with van der Waals surface area (Å²) in [5.41, 5.74) is 2.45. The van der Waals surface area contributed by atoms with Crippen LogP contribution in [-0.2, 0) is 12.8 Å². The van der Waals surface area contributed by atoms with Gasteiger partial charge in [0.25, 0.3) is 0 Å². The number of nitrogens with one attached hydrogen (secondary N) is 1. The van der Waals surface area contributed by atoms with Crippen molar-refractivity contribution in [3.63, 3.8) is 0 Å². The molecular formula is C23H25N7S. The van der Waals surface area contributed by atoms with Crippen LogP contribution in [0.25, 0.3) is 21.6 Å². The summed E-state index contributed by atoms with van der Waals surface area (Å²) >= 11 is 1.86. The maximum atomic E-state index is 5.14. The van der Waals surface area contributed by atoms with E-state index in [-0.39, 0.29) is 0 Å². The number of thiophene rings is 1. The highest BCUT2D eigenvalue weighted by Gasteiger charge is 2.29. The number of fused-ring (bicyclic) bond motifs is 3. The molecule has 1 aliphatic carbocycles. The van der Waals surface area contributed by atoms with Gasteiger partial charge in [-0.25, -0.2) is 15.0 Å². The van der Waals surface area contributed by atoms with Crippen LogP contribution in [-0.4, -0.2) is 43.2 Å². The van der Waals surface area contributed by atoms with E-state index in [4.69, 9.17) is 9.97 Å². The summed E-state index contributed by atoms with van der Waals surface area (Å²) in [4.78, 5) is 24.1. The van der Waals surface area contributed by atoms with Crippen molar-refractivity contribution in [2.75, 3.05) is 18.0 Å². The molecule has 5 heterocycles. The maximum absolute atomic E-state index is 5.14. The van der Waals surface area contributed by atoms with Gasteiger partial charge in [-0.2, -0.15) is 5.10 Å². The normalized spacial score (nSPS) is 19.0. The third-order valence-electron chi connectivity index (χ3n) is 6.42. The first-order valence-corrected chi connectivity index (χ1v) is 11.9. The number of hydrogen-bond donors (Lipinski definition) is 1. The van der Waals surface area contributed by atoms with Gasteiger partial charge >= 0.3 is 0 Å². The Hall–Kier alpha value is -2.87. The Bertz CT molecular complexity index is 1230. The summed E-state index contributed by atoms with van der Waals surface area (Å²) in [5, 5.41) is 8.74. The molecule has 0 amide bonds. The van der Waals surface area contributed by atoms with Gasteiger partial charge in [0.05, 0.1) is 5.39 Å². The van der Waals surface area contributed by atoms with Gasteiger partial charge in [0.1, 0.15) is 16.5 Å². The molecule has 1 aliphatic heterocycles. The number of anilines is 1. The Kier molecular flexibility index (Phi) is 4.67. The van der Waals surface area contributed by atoms with Gasteiger partial charge < -0.3 is 4.90 Å². The second-order valence-corrected chi connectivity index (χ2v) is 9.65. The number of piperidine rings is 1. The van der Waals surface area contributed by atoms with Crippen molar-refractivity contribution < 1.29 is 0 Å². The fraction of sp³-hybridized carbons (Fsp3) is 0.435. The highest BCUT2D eigenvalue weighted by Crippen LogP contribution is 2.42. The Morgan fingerprint density at radius 3 is 2.90 bits per heavy atom. The zero-order valence-corrected chi connectivity index (χ0v) is 18.5. The molecule has 1 saturated heterocycles. The molecule has 0 aromatic carbocycles. The van der Waals surface area contributed by atoms with E-state index in [1.165, 1.54) is 28.7 Å². The number of hydrogen-bond acceptors (Lipinski definition) is 7. The molecule has 1 N–H and O–H groups in total. The number of nitrogens with zero attached hydrogens (tertiary/aromatic N) is 6. The molecule has 4 aromatic rings. The van der Waals surface area contributed by atoms with E-state index in [1.807, 2.05) is 36.6 Å². The smallest absolute Gasteiger partial charge is 0.164 e. The Morgan fingerprint density at radius 1 is 1.13 bits per heavy atom. The zero-order chi connectivity index (χ0) is 20.8. The average molecular weight is 432 g/mol. The fourth-order valence-electron chi connectivity index (χ4n) is 4.91. The predicted octanol–water partition coefficient (Wildman–Crippen LogP) is 4.44. The summed E-state index contributed by atoms with van der Waals surface area (Å²) in [5.74, 6) is 3.97. The molecule has 0 radical (unpaired) electrons. The van der Waals surface area contributed by atoms with Crippen molar-refractivity contribution in [1.29, 1.82) is 0 Å². The van der Waals surface area contributed by atoms with E-state index in [0.29, 0.717) is 5.92 Å². The van der Waals surface area contributed by atoms with Crippen LogP contribution < -0.4 is 4.90 Å². The average Bonchev–Trinajstić information content (AvgIpc) is 3.42. The summed E-state index contributed by atoms with van der Waals surface area (Å²) in [7, 11) is 0. The minimum Gasteiger partial charge on any atom is -0.355 e. The molecule has 1 atom stereocenters. The zero-order valence-electron chi connectivity index (χ0n) is 17.6. The highest BCUT2D eigenvalue weighted by atomic mass is 32.1. The van der Waals surface area contributed by atoms with E-state index in [1.54, 1.807) is 6.20 Å². The molecule has 0 bridgehead atoms. The van der Waals surface area contributed by atoms with E-state index < -0.39 is 0 Å². The molecule has 31 heavy (non-hydrogen) atoms. The molecule has 1 unspecified atom stereocenters. The Morgan fingerprint density at radius 2 is 2.06 bits per heavy atom. The van der Waals surface area contributed by atoms with E-state index in [0.717, 1.165) is 72.5 Å². The number of pyridine rings is 1. The van der Waals surface area contributed by atoms with Crippen molar-refractivity contribution in [2.24, 2.45) is 0 Å². The van der Waals surface area contributed by atoms with Crippen LogP contribution in [0.1, 0.15) is 53.7 Å². The third kappa shape index (κ3) is 3.39. The van der Waals surface area contributed by atoms with E-state index in [9.17, 15) is 0 Å². The van der Waals surface area contributed by atoms with Crippen molar-refractivity contribution in [1.82, 2.24) is 30.1 Å². The lowest BCUT2D eigenvalue weighted by Gasteiger charge is -2.33. The standard InChI is InChI=1S/C23H25N7S/c1-14-25-21(29-28-14)16-7-5-11-30(13-16)22-19-17-8-2-3-9-18(17)31-23(19)27-20(26-22)15-6-4-10-24-12-15/h4,6,10,12,16H,2-3,5,7-9,11,13H2,1H3,(H,25,28,29). The van der Waals surface area contributed by atoms with Crippen molar-refractivity contribution in [3.05, 3.63) is 46.6 Å².